The second-order valence-corrected chi connectivity index (χ2v) is 7.16. The van der Waals surface area contributed by atoms with Crippen molar-refractivity contribution in [2.45, 2.75) is 32.7 Å². The zero-order valence-electron chi connectivity index (χ0n) is 17.7. The fourth-order valence-corrected chi connectivity index (χ4v) is 3.77. The van der Waals surface area contributed by atoms with E-state index in [1.54, 1.807) is 38.0 Å². The monoisotopic (exact) mass is 424 g/mol. The van der Waals surface area contributed by atoms with Crippen LogP contribution in [0.3, 0.4) is 0 Å². The number of amides is 1. The molecule has 8 heteroatoms. The third-order valence-corrected chi connectivity index (χ3v) is 5.28. The van der Waals surface area contributed by atoms with Crippen LogP contribution in [0.1, 0.15) is 37.3 Å². The molecule has 0 N–H and O–H groups in total. The van der Waals surface area contributed by atoms with Crippen molar-refractivity contribution >= 4 is 17.6 Å². The first-order chi connectivity index (χ1) is 14.8. The van der Waals surface area contributed by atoms with E-state index in [1.807, 2.05) is 24.3 Å². The number of hydrogen-bond donors (Lipinski definition) is 0. The molecule has 0 spiro atoms. The number of nitrogens with zero attached hydrogens (tertiary/aromatic N) is 2. The Bertz CT molecular complexity index is 1050. The maximum atomic E-state index is 13.1. The number of nitro groups is 1. The molecule has 0 fully saturated rings. The molecule has 0 aliphatic carbocycles. The van der Waals surface area contributed by atoms with Gasteiger partial charge in [-0.05, 0) is 37.1 Å². The molecule has 0 bridgehead atoms. The van der Waals surface area contributed by atoms with Gasteiger partial charge in [-0.15, -0.1) is 0 Å². The Morgan fingerprint density at radius 2 is 1.97 bits per heavy atom. The third kappa shape index (κ3) is 4.74. The number of benzene rings is 2. The molecule has 8 nitrogen and oxygen atoms in total. The van der Waals surface area contributed by atoms with Crippen molar-refractivity contribution in [3.05, 3.63) is 81.0 Å². The summed E-state index contributed by atoms with van der Waals surface area (Å²) in [6, 6.07) is 13.4. The van der Waals surface area contributed by atoms with Crippen LogP contribution in [0.15, 0.2) is 59.8 Å². The predicted molar refractivity (Wildman–Crippen MR) is 113 cm³/mol. The number of rotatable bonds is 7. The zero-order chi connectivity index (χ0) is 22.5. The van der Waals surface area contributed by atoms with Gasteiger partial charge in [0, 0.05) is 30.2 Å². The Morgan fingerprint density at radius 1 is 1.23 bits per heavy atom. The first kappa shape index (κ1) is 22.0. The van der Waals surface area contributed by atoms with Crippen molar-refractivity contribution < 1.29 is 24.0 Å². The normalized spacial score (nSPS) is 16.3. The lowest BCUT2D eigenvalue weighted by molar-refractivity contribution is -0.384. The average molecular weight is 424 g/mol. The summed E-state index contributed by atoms with van der Waals surface area (Å²) >= 11 is 0. The van der Waals surface area contributed by atoms with Gasteiger partial charge in [-0.1, -0.05) is 24.3 Å². The largest absolute Gasteiger partial charge is 0.497 e. The number of carbonyl (C=O) groups excluding carboxylic acids is 2. The summed E-state index contributed by atoms with van der Waals surface area (Å²) < 4.78 is 10.5. The van der Waals surface area contributed by atoms with Crippen molar-refractivity contribution in [1.82, 2.24) is 4.90 Å². The molecule has 162 valence electrons. The molecular weight excluding hydrogens is 400 g/mol. The lowest BCUT2D eigenvalue weighted by Gasteiger charge is -2.34. The molecule has 0 aromatic heterocycles. The van der Waals surface area contributed by atoms with E-state index in [9.17, 15) is 19.7 Å². The first-order valence-corrected chi connectivity index (χ1v) is 9.91. The van der Waals surface area contributed by atoms with E-state index in [4.69, 9.17) is 9.47 Å². The van der Waals surface area contributed by atoms with Crippen LogP contribution in [-0.2, 0) is 20.9 Å². The molecular formula is C23H24N2O6. The second-order valence-electron chi connectivity index (χ2n) is 7.16. The average Bonchev–Trinajstić information content (AvgIpc) is 2.76. The number of nitro benzene ring substituents is 1. The number of allylic oxidation sites excluding steroid dienone is 1. The van der Waals surface area contributed by atoms with E-state index in [0.717, 1.165) is 5.56 Å². The number of esters is 1. The highest BCUT2D eigenvalue weighted by molar-refractivity contribution is 5.95. The van der Waals surface area contributed by atoms with E-state index >= 15 is 0 Å². The molecule has 1 unspecified atom stereocenters. The summed E-state index contributed by atoms with van der Waals surface area (Å²) in [6.45, 7) is 3.86. The molecule has 1 aliphatic heterocycles. The molecule has 0 saturated heterocycles. The van der Waals surface area contributed by atoms with Gasteiger partial charge in [0.05, 0.1) is 30.8 Å². The number of ether oxygens (including phenoxy) is 2. The molecule has 1 aliphatic rings. The fourth-order valence-electron chi connectivity index (χ4n) is 3.77. The summed E-state index contributed by atoms with van der Waals surface area (Å²) in [5.41, 5.74) is 2.11. The summed E-state index contributed by atoms with van der Waals surface area (Å²) in [5, 5.41) is 11.2. The highest BCUT2D eigenvalue weighted by Crippen LogP contribution is 2.38. The van der Waals surface area contributed by atoms with Gasteiger partial charge in [-0.2, -0.15) is 0 Å². The summed E-state index contributed by atoms with van der Waals surface area (Å²) in [6.07, 6.45) is 0.0105. The molecule has 1 heterocycles. The molecule has 1 amide bonds. The maximum absolute atomic E-state index is 13.1. The van der Waals surface area contributed by atoms with Gasteiger partial charge in [0.1, 0.15) is 5.75 Å². The van der Waals surface area contributed by atoms with Crippen molar-refractivity contribution in [2.24, 2.45) is 0 Å². The molecule has 1 atom stereocenters. The standard InChI is InChI=1S/C23H24N2O6/c1-4-31-23(27)22-15(2)24(14-16-7-5-10-19(11-16)30-3)21(26)13-20(22)17-8-6-9-18(12-17)25(28)29/h5-12,20H,4,13-14H2,1-3H3. The van der Waals surface area contributed by atoms with E-state index in [1.165, 1.54) is 12.1 Å². The summed E-state index contributed by atoms with van der Waals surface area (Å²) in [4.78, 5) is 38.2. The first-order valence-electron chi connectivity index (χ1n) is 9.91. The van der Waals surface area contributed by atoms with Gasteiger partial charge in [0.2, 0.25) is 5.91 Å². The third-order valence-electron chi connectivity index (χ3n) is 5.28. The second kappa shape index (κ2) is 9.42. The van der Waals surface area contributed by atoms with Crippen LogP contribution in [0, 0.1) is 10.1 Å². The molecule has 31 heavy (non-hydrogen) atoms. The highest BCUT2D eigenvalue weighted by atomic mass is 16.6. The van der Waals surface area contributed by atoms with E-state index < -0.39 is 16.8 Å². The van der Waals surface area contributed by atoms with Crippen LogP contribution < -0.4 is 4.74 Å². The van der Waals surface area contributed by atoms with Crippen molar-refractivity contribution in [1.29, 1.82) is 0 Å². The number of hydrogen-bond acceptors (Lipinski definition) is 6. The molecule has 2 aromatic carbocycles. The Labute approximate surface area is 180 Å². The fraction of sp³-hybridized carbons (Fsp3) is 0.304. The minimum atomic E-state index is -0.618. The van der Waals surface area contributed by atoms with Gasteiger partial charge in [-0.25, -0.2) is 4.79 Å². The van der Waals surface area contributed by atoms with E-state index in [-0.39, 0.29) is 31.2 Å². The van der Waals surface area contributed by atoms with Gasteiger partial charge in [0.15, 0.2) is 0 Å². The van der Waals surface area contributed by atoms with Crippen LogP contribution in [0.4, 0.5) is 5.69 Å². The minimum Gasteiger partial charge on any atom is -0.497 e. The summed E-state index contributed by atoms with van der Waals surface area (Å²) in [5.74, 6) is -0.652. The summed E-state index contributed by atoms with van der Waals surface area (Å²) in [7, 11) is 1.57. The number of non-ortho nitro benzene ring substituents is 1. The Morgan fingerprint density at radius 3 is 2.65 bits per heavy atom. The maximum Gasteiger partial charge on any atom is 0.336 e. The van der Waals surface area contributed by atoms with Gasteiger partial charge in [0.25, 0.3) is 5.69 Å². The quantitative estimate of drug-likeness (QED) is 0.379. The van der Waals surface area contributed by atoms with Crippen LogP contribution in [-0.4, -0.2) is 35.4 Å². The topological polar surface area (TPSA) is 99.0 Å². The Balaban J connectivity index is 2.04. The van der Waals surface area contributed by atoms with E-state index in [2.05, 4.69) is 0 Å². The Hall–Kier alpha value is -3.68. The van der Waals surface area contributed by atoms with Gasteiger partial charge >= 0.3 is 5.97 Å². The van der Waals surface area contributed by atoms with Crippen LogP contribution >= 0.6 is 0 Å². The molecule has 0 saturated carbocycles. The van der Waals surface area contributed by atoms with Crippen molar-refractivity contribution in [2.75, 3.05) is 13.7 Å². The SMILES string of the molecule is CCOC(=O)C1=C(C)N(Cc2cccc(OC)c2)C(=O)CC1c1cccc([N+](=O)[O-])c1. The molecule has 2 aromatic rings. The number of methoxy groups -OCH3 is 1. The van der Waals surface area contributed by atoms with Gasteiger partial charge < -0.3 is 14.4 Å². The zero-order valence-corrected chi connectivity index (χ0v) is 17.7. The smallest absolute Gasteiger partial charge is 0.336 e. The lowest BCUT2D eigenvalue weighted by Crippen LogP contribution is -2.38. The Kier molecular flexibility index (Phi) is 6.69. The van der Waals surface area contributed by atoms with Crippen molar-refractivity contribution in [3.63, 3.8) is 0 Å². The minimum absolute atomic E-state index is 0.0105. The lowest BCUT2D eigenvalue weighted by atomic mass is 9.83. The van der Waals surface area contributed by atoms with Gasteiger partial charge in [-0.3, -0.25) is 14.9 Å². The van der Waals surface area contributed by atoms with Crippen molar-refractivity contribution in [3.8, 4) is 5.75 Å². The molecule has 3 rings (SSSR count). The highest BCUT2D eigenvalue weighted by Gasteiger charge is 2.37. The van der Waals surface area contributed by atoms with Crippen LogP contribution in [0.2, 0.25) is 0 Å². The van der Waals surface area contributed by atoms with E-state index in [0.29, 0.717) is 22.6 Å². The van der Waals surface area contributed by atoms with Crippen LogP contribution in [0.25, 0.3) is 0 Å². The molecule has 0 radical (unpaired) electrons. The van der Waals surface area contributed by atoms with Crippen LogP contribution in [0.5, 0.6) is 5.75 Å². The number of carbonyl (C=O) groups is 2. The predicted octanol–water partition coefficient (Wildman–Crippen LogP) is 3.96.